The molecule has 23 heavy (non-hydrogen) atoms. The minimum Gasteiger partial charge on any atom is -0.353 e. The number of alkyl halides is 3. The molecular weight excluding hydrogens is 356 g/mol. The number of rotatable bonds is 7. The van der Waals surface area contributed by atoms with Crippen LogP contribution in [0.4, 0.5) is 13.2 Å². The fourth-order valence-electron chi connectivity index (χ4n) is 2.36. The summed E-state index contributed by atoms with van der Waals surface area (Å²) in [6.07, 6.45) is -4.33. The van der Waals surface area contributed by atoms with Crippen LogP contribution in [0.2, 0.25) is 0 Å². The van der Waals surface area contributed by atoms with Gasteiger partial charge in [-0.2, -0.15) is 13.2 Å². The highest BCUT2D eigenvalue weighted by Crippen LogP contribution is 2.24. The quantitative estimate of drug-likeness (QED) is 0.692. The Labute approximate surface area is 148 Å². The second-order valence-corrected chi connectivity index (χ2v) is 5.11. The van der Waals surface area contributed by atoms with Gasteiger partial charge in [-0.05, 0) is 13.1 Å². The summed E-state index contributed by atoms with van der Waals surface area (Å²) in [5.74, 6) is -0.358. The van der Waals surface area contributed by atoms with Crippen molar-refractivity contribution in [2.75, 3.05) is 52.4 Å². The molecule has 1 amide bonds. The van der Waals surface area contributed by atoms with Gasteiger partial charge in [0.2, 0.25) is 5.91 Å². The Kier molecular flexibility index (Phi) is 13.2. The number of hydrogen-bond acceptors (Lipinski definition) is 4. The second-order valence-electron chi connectivity index (χ2n) is 5.11. The van der Waals surface area contributed by atoms with Crippen LogP contribution in [0, 0.1) is 0 Å². The smallest absolute Gasteiger partial charge is 0.353 e. The molecular formula is C13H27Cl2F3N4O. The summed E-state index contributed by atoms with van der Waals surface area (Å²) in [5, 5.41) is 5.45. The monoisotopic (exact) mass is 382 g/mol. The summed E-state index contributed by atoms with van der Waals surface area (Å²) in [6.45, 7) is 6.75. The zero-order chi connectivity index (χ0) is 15.9. The molecule has 1 aliphatic heterocycles. The van der Waals surface area contributed by atoms with Crippen molar-refractivity contribution in [3.8, 4) is 0 Å². The van der Waals surface area contributed by atoms with Crippen LogP contribution in [0.3, 0.4) is 0 Å². The molecule has 140 valence electrons. The average Bonchev–Trinajstić information content (AvgIpc) is 2.44. The van der Waals surface area contributed by atoms with Gasteiger partial charge in [0.05, 0.1) is 6.54 Å². The molecule has 0 spiro atoms. The van der Waals surface area contributed by atoms with E-state index in [1.807, 2.05) is 18.7 Å². The first-order valence-corrected chi connectivity index (χ1v) is 7.39. The Balaban J connectivity index is 0. The first-order chi connectivity index (χ1) is 9.88. The maximum absolute atomic E-state index is 13.1. The lowest BCUT2D eigenvalue weighted by Crippen LogP contribution is -2.58. The van der Waals surface area contributed by atoms with Crippen molar-refractivity contribution in [3.05, 3.63) is 0 Å². The van der Waals surface area contributed by atoms with E-state index >= 15 is 0 Å². The van der Waals surface area contributed by atoms with E-state index in [2.05, 4.69) is 10.6 Å². The molecule has 0 saturated carbocycles. The number of carbonyl (C=O) groups is 1. The molecule has 0 aromatic carbocycles. The third-order valence-electron chi connectivity index (χ3n) is 3.72. The van der Waals surface area contributed by atoms with Crippen LogP contribution in [-0.2, 0) is 4.79 Å². The molecule has 1 rings (SSSR count). The molecule has 0 bridgehead atoms. The van der Waals surface area contributed by atoms with Gasteiger partial charge in [-0.25, -0.2) is 0 Å². The molecule has 10 heteroatoms. The van der Waals surface area contributed by atoms with Crippen LogP contribution in [0.25, 0.3) is 0 Å². The zero-order valence-electron chi connectivity index (χ0n) is 13.5. The number of hydrogen-bond donors (Lipinski definition) is 2. The lowest BCUT2D eigenvalue weighted by atomic mass is 10.2. The van der Waals surface area contributed by atoms with Crippen LogP contribution in [-0.4, -0.2) is 80.3 Å². The Morgan fingerprint density at radius 1 is 1.22 bits per heavy atom. The third-order valence-corrected chi connectivity index (χ3v) is 3.72. The zero-order valence-corrected chi connectivity index (χ0v) is 15.1. The summed E-state index contributed by atoms with van der Waals surface area (Å²) in [7, 11) is 0. The summed E-state index contributed by atoms with van der Waals surface area (Å²) in [6, 6.07) is -1.61. The Morgan fingerprint density at radius 3 is 2.17 bits per heavy atom. The van der Waals surface area contributed by atoms with Crippen LogP contribution >= 0.6 is 24.8 Å². The molecule has 1 fully saturated rings. The lowest BCUT2D eigenvalue weighted by Gasteiger charge is -2.36. The van der Waals surface area contributed by atoms with Gasteiger partial charge in [-0.15, -0.1) is 24.8 Å². The number of nitrogens with one attached hydrogen (secondary N) is 2. The van der Waals surface area contributed by atoms with Gasteiger partial charge >= 0.3 is 6.18 Å². The van der Waals surface area contributed by atoms with E-state index in [0.29, 0.717) is 39.3 Å². The minimum absolute atomic E-state index is 0. The van der Waals surface area contributed by atoms with Gasteiger partial charge in [0.1, 0.15) is 6.04 Å². The van der Waals surface area contributed by atoms with Gasteiger partial charge in [0.25, 0.3) is 0 Å². The molecule has 0 aromatic rings. The molecule has 1 unspecified atom stereocenters. The standard InChI is InChI=1S/C13H25F3N4O.2ClH/c1-3-19(4-2)10-12(21)18-9-11(13(14,15)16)20-7-5-17-6-8-20;;/h11,17H,3-10H2,1-2H3,(H,18,21);2*1H. The molecule has 1 heterocycles. The minimum atomic E-state index is -4.33. The Hall–Kier alpha value is -0.280. The summed E-state index contributed by atoms with van der Waals surface area (Å²) >= 11 is 0. The fourth-order valence-corrected chi connectivity index (χ4v) is 2.36. The maximum Gasteiger partial charge on any atom is 0.405 e. The average molecular weight is 383 g/mol. The van der Waals surface area contributed by atoms with Gasteiger partial charge < -0.3 is 10.6 Å². The number of nitrogens with zero attached hydrogens (tertiary/aromatic N) is 2. The van der Waals surface area contributed by atoms with Gasteiger partial charge in [-0.3, -0.25) is 14.6 Å². The SMILES string of the molecule is CCN(CC)CC(=O)NCC(N1CCNCC1)C(F)(F)F.Cl.Cl. The van der Waals surface area contributed by atoms with Crippen LogP contribution in [0.15, 0.2) is 0 Å². The maximum atomic E-state index is 13.1. The third kappa shape index (κ3) is 8.95. The highest BCUT2D eigenvalue weighted by Gasteiger charge is 2.43. The highest BCUT2D eigenvalue weighted by atomic mass is 35.5. The molecule has 1 aliphatic rings. The number of halogens is 5. The van der Waals surface area contributed by atoms with Crippen molar-refractivity contribution < 1.29 is 18.0 Å². The van der Waals surface area contributed by atoms with E-state index in [0.717, 1.165) is 0 Å². The van der Waals surface area contributed by atoms with E-state index in [1.54, 1.807) is 0 Å². The van der Waals surface area contributed by atoms with Crippen molar-refractivity contribution in [3.63, 3.8) is 0 Å². The van der Waals surface area contributed by atoms with Gasteiger partial charge in [0.15, 0.2) is 0 Å². The largest absolute Gasteiger partial charge is 0.405 e. The van der Waals surface area contributed by atoms with Crippen LogP contribution in [0.1, 0.15) is 13.8 Å². The van der Waals surface area contributed by atoms with Crippen LogP contribution < -0.4 is 10.6 Å². The Morgan fingerprint density at radius 2 is 1.74 bits per heavy atom. The van der Waals surface area contributed by atoms with Crippen molar-refractivity contribution in [1.82, 2.24) is 20.4 Å². The predicted octanol–water partition coefficient (Wildman–Crippen LogP) is 1.12. The van der Waals surface area contributed by atoms with E-state index < -0.39 is 12.2 Å². The van der Waals surface area contributed by atoms with Crippen molar-refractivity contribution in [2.24, 2.45) is 0 Å². The number of amides is 1. The first-order valence-electron chi connectivity index (χ1n) is 7.39. The van der Waals surface area contributed by atoms with Crippen molar-refractivity contribution in [1.29, 1.82) is 0 Å². The van der Waals surface area contributed by atoms with Gasteiger partial charge in [-0.1, -0.05) is 13.8 Å². The predicted molar refractivity (Wildman–Crippen MR) is 89.6 cm³/mol. The topological polar surface area (TPSA) is 47.6 Å². The summed E-state index contributed by atoms with van der Waals surface area (Å²) in [4.78, 5) is 15.0. The van der Waals surface area contributed by atoms with Crippen LogP contribution in [0.5, 0.6) is 0 Å². The molecule has 0 aromatic heterocycles. The fraction of sp³-hybridized carbons (Fsp3) is 0.923. The normalized spacial score (nSPS) is 17.1. The molecule has 0 aliphatic carbocycles. The number of piperazine rings is 1. The lowest BCUT2D eigenvalue weighted by molar-refractivity contribution is -0.184. The van der Waals surface area contributed by atoms with Gasteiger partial charge in [0, 0.05) is 32.7 Å². The van der Waals surface area contributed by atoms with E-state index in [-0.39, 0.29) is 43.8 Å². The number of carbonyl (C=O) groups excluding carboxylic acids is 1. The van der Waals surface area contributed by atoms with E-state index in [9.17, 15) is 18.0 Å². The first kappa shape index (κ1) is 25.0. The second kappa shape index (κ2) is 12.1. The summed E-state index contributed by atoms with van der Waals surface area (Å²) < 4.78 is 39.4. The molecule has 0 radical (unpaired) electrons. The van der Waals surface area contributed by atoms with E-state index in [1.165, 1.54) is 4.90 Å². The van der Waals surface area contributed by atoms with Crippen molar-refractivity contribution >= 4 is 30.7 Å². The van der Waals surface area contributed by atoms with Crippen molar-refractivity contribution in [2.45, 2.75) is 26.1 Å². The Bertz CT molecular complexity index is 325. The summed E-state index contributed by atoms with van der Waals surface area (Å²) in [5.41, 5.74) is 0. The number of likely N-dealkylation sites (N-methyl/N-ethyl adjacent to an activating group) is 1. The molecule has 1 saturated heterocycles. The highest BCUT2D eigenvalue weighted by molar-refractivity contribution is 5.85. The molecule has 2 N–H and O–H groups in total. The molecule has 1 atom stereocenters. The van der Waals surface area contributed by atoms with E-state index in [4.69, 9.17) is 0 Å². The molecule has 5 nitrogen and oxygen atoms in total.